The molecular weight excluding hydrogens is 364 g/mol. The van der Waals surface area contributed by atoms with Crippen LogP contribution in [0.25, 0.3) is 16.7 Å². The number of imidazole rings is 1. The molecule has 6 nitrogen and oxygen atoms in total. The summed E-state index contributed by atoms with van der Waals surface area (Å²) in [6.45, 7) is 8.28. The molecule has 2 N–H and O–H groups in total. The van der Waals surface area contributed by atoms with Gasteiger partial charge in [0.1, 0.15) is 17.2 Å². The largest absolute Gasteiger partial charge is 0.493 e. The molecule has 0 fully saturated rings. The molecule has 1 atom stereocenters. The van der Waals surface area contributed by atoms with E-state index >= 15 is 0 Å². The molecule has 0 aliphatic carbocycles. The molecule has 3 heterocycles. The van der Waals surface area contributed by atoms with Crippen LogP contribution in [0.15, 0.2) is 48.9 Å². The van der Waals surface area contributed by atoms with Gasteiger partial charge in [-0.15, -0.1) is 0 Å². The maximum absolute atomic E-state index is 11.2. The number of H-pyrrole nitrogens is 1. The van der Waals surface area contributed by atoms with Crippen molar-refractivity contribution in [3.63, 3.8) is 0 Å². The van der Waals surface area contributed by atoms with Gasteiger partial charge in [0.15, 0.2) is 0 Å². The number of hydrogen-bond donors (Lipinski definition) is 2. The van der Waals surface area contributed by atoms with Crippen molar-refractivity contribution >= 4 is 11.0 Å². The van der Waals surface area contributed by atoms with Gasteiger partial charge >= 0.3 is 0 Å². The van der Waals surface area contributed by atoms with Crippen LogP contribution in [0.4, 0.5) is 0 Å². The van der Waals surface area contributed by atoms with Crippen molar-refractivity contribution in [3.8, 4) is 11.4 Å². The minimum atomic E-state index is -1.19. The first-order chi connectivity index (χ1) is 13.9. The predicted molar refractivity (Wildman–Crippen MR) is 114 cm³/mol. The van der Waals surface area contributed by atoms with Gasteiger partial charge in [-0.25, -0.2) is 4.98 Å². The van der Waals surface area contributed by atoms with E-state index in [0.29, 0.717) is 18.9 Å². The lowest BCUT2D eigenvalue weighted by Gasteiger charge is -2.22. The minimum absolute atomic E-state index is 0.337. The Labute approximate surface area is 170 Å². The van der Waals surface area contributed by atoms with Crippen LogP contribution in [0.2, 0.25) is 0 Å². The molecule has 0 spiro atoms. The van der Waals surface area contributed by atoms with Crippen LogP contribution in [-0.4, -0.2) is 31.2 Å². The average molecular weight is 390 g/mol. The molecule has 0 bridgehead atoms. The first-order valence-electron chi connectivity index (χ1n) is 9.83. The van der Waals surface area contributed by atoms with E-state index in [0.717, 1.165) is 39.3 Å². The quantitative estimate of drug-likeness (QED) is 0.517. The van der Waals surface area contributed by atoms with E-state index in [1.54, 1.807) is 13.1 Å². The highest BCUT2D eigenvalue weighted by Crippen LogP contribution is 2.30. The van der Waals surface area contributed by atoms with Crippen LogP contribution in [0.3, 0.4) is 0 Å². The summed E-state index contributed by atoms with van der Waals surface area (Å²) >= 11 is 0. The van der Waals surface area contributed by atoms with E-state index in [1.165, 1.54) is 0 Å². The Kier molecular flexibility index (Phi) is 4.88. The molecule has 150 valence electrons. The van der Waals surface area contributed by atoms with Crippen molar-refractivity contribution in [1.29, 1.82) is 0 Å². The van der Waals surface area contributed by atoms with Crippen molar-refractivity contribution in [2.24, 2.45) is 0 Å². The van der Waals surface area contributed by atoms with E-state index in [2.05, 4.69) is 15.0 Å². The standard InChI is InChI=1S/C23H26N4O2/c1-5-29-21-15(2)14-24-20(16(21)3)13-23(4,28)22-25-18-9-8-17(12-19(18)26-22)27-10-6-7-11-27/h6-12,14,28H,5,13H2,1-4H3,(H,25,26). The molecule has 4 aromatic rings. The van der Waals surface area contributed by atoms with Crippen molar-refractivity contribution in [1.82, 2.24) is 19.5 Å². The minimum Gasteiger partial charge on any atom is -0.493 e. The Bertz CT molecular complexity index is 1140. The van der Waals surface area contributed by atoms with Gasteiger partial charge in [0, 0.05) is 41.8 Å². The lowest BCUT2D eigenvalue weighted by molar-refractivity contribution is 0.0480. The second-order valence-electron chi connectivity index (χ2n) is 7.60. The Morgan fingerprint density at radius 2 is 1.97 bits per heavy atom. The fourth-order valence-corrected chi connectivity index (χ4v) is 3.63. The van der Waals surface area contributed by atoms with Crippen molar-refractivity contribution in [3.05, 3.63) is 71.6 Å². The second-order valence-corrected chi connectivity index (χ2v) is 7.60. The van der Waals surface area contributed by atoms with E-state index in [9.17, 15) is 5.11 Å². The summed E-state index contributed by atoms with van der Waals surface area (Å²) in [7, 11) is 0. The number of hydrogen-bond acceptors (Lipinski definition) is 4. The van der Waals surface area contributed by atoms with Crippen LogP contribution >= 0.6 is 0 Å². The zero-order valence-corrected chi connectivity index (χ0v) is 17.2. The second kappa shape index (κ2) is 7.37. The lowest BCUT2D eigenvalue weighted by Crippen LogP contribution is -2.27. The molecule has 1 unspecified atom stereocenters. The zero-order chi connectivity index (χ0) is 20.6. The number of aromatic amines is 1. The van der Waals surface area contributed by atoms with E-state index in [-0.39, 0.29) is 0 Å². The van der Waals surface area contributed by atoms with Gasteiger partial charge in [-0.2, -0.15) is 0 Å². The van der Waals surface area contributed by atoms with Gasteiger partial charge in [0.25, 0.3) is 0 Å². The lowest BCUT2D eigenvalue weighted by atomic mass is 9.96. The molecule has 1 aromatic carbocycles. The molecule has 0 saturated carbocycles. The number of aryl methyl sites for hydroxylation is 1. The third kappa shape index (κ3) is 3.63. The summed E-state index contributed by atoms with van der Waals surface area (Å²) in [5, 5.41) is 11.2. The number of nitrogens with zero attached hydrogens (tertiary/aromatic N) is 3. The van der Waals surface area contributed by atoms with Gasteiger partial charge < -0.3 is 19.4 Å². The summed E-state index contributed by atoms with van der Waals surface area (Å²) in [6.07, 6.45) is 6.13. The van der Waals surface area contributed by atoms with Crippen LogP contribution in [0.1, 0.15) is 36.5 Å². The predicted octanol–water partition coefficient (Wildman–Crippen LogP) is 4.21. The molecule has 6 heteroatoms. The van der Waals surface area contributed by atoms with Gasteiger partial charge in [0.05, 0.1) is 23.3 Å². The fraction of sp³-hybridized carbons (Fsp3) is 0.304. The van der Waals surface area contributed by atoms with Crippen LogP contribution in [0.5, 0.6) is 5.75 Å². The summed E-state index contributed by atoms with van der Waals surface area (Å²) in [6, 6.07) is 9.98. The highest BCUT2D eigenvalue weighted by atomic mass is 16.5. The Morgan fingerprint density at radius 1 is 1.21 bits per heavy atom. The number of aromatic nitrogens is 4. The number of ether oxygens (including phenoxy) is 1. The summed E-state index contributed by atoms with van der Waals surface area (Å²) < 4.78 is 7.81. The number of benzene rings is 1. The smallest absolute Gasteiger partial charge is 0.139 e. The first kappa shape index (κ1) is 19.2. The van der Waals surface area contributed by atoms with Crippen LogP contribution in [-0.2, 0) is 12.0 Å². The first-order valence-corrected chi connectivity index (χ1v) is 9.83. The summed E-state index contributed by atoms with van der Waals surface area (Å²) in [4.78, 5) is 12.5. The summed E-state index contributed by atoms with van der Waals surface area (Å²) in [5.74, 6) is 1.37. The maximum Gasteiger partial charge on any atom is 0.139 e. The third-order valence-corrected chi connectivity index (χ3v) is 5.22. The Balaban J connectivity index is 1.67. The van der Waals surface area contributed by atoms with Gasteiger partial charge in [-0.1, -0.05) is 0 Å². The normalized spacial score (nSPS) is 13.6. The molecule has 0 radical (unpaired) electrons. The van der Waals surface area contributed by atoms with Crippen molar-refractivity contribution in [2.45, 2.75) is 39.7 Å². The van der Waals surface area contributed by atoms with Gasteiger partial charge in [-0.3, -0.25) is 4.98 Å². The fourth-order valence-electron chi connectivity index (χ4n) is 3.63. The third-order valence-electron chi connectivity index (χ3n) is 5.22. The highest BCUT2D eigenvalue weighted by molar-refractivity contribution is 5.77. The molecule has 0 aliphatic heterocycles. The number of pyridine rings is 1. The van der Waals surface area contributed by atoms with Gasteiger partial charge in [-0.05, 0) is 58.0 Å². The van der Waals surface area contributed by atoms with Crippen LogP contribution < -0.4 is 4.74 Å². The number of nitrogens with one attached hydrogen (secondary N) is 1. The topological polar surface area (TPSA) is 76.0 Å². The molecule has 0 saturated heterocycles. The number of aliphatic hydroxyl groups is 1. The number of fused-ring (bicyclic) bond motifs is 1. The molecule has 3 aromatic heterocycles. The van der Waals surface area contributed by atoms with E-state index in [4.69, 9.17) is 4.74 Å². The zero-order valence-electron chi connectivity index (χ0n) is 17.2. The van der Waals surface area contributed by atoms with Crippen LogP contribution in [0, 0.1) is 13.8 Å². The monoisotopic (exact) mass is 390 g/mol. The SMILES string of the molecule is CCOc1c(C)cnc(CC(C)(O)c2nc3ccc(-n4cccc4)cc3[nH]2)c1C. The Morgan fingerprint density at radius 3 is 2.69 bits per heavy atom. The van der Waals surface area contributed by atoms with Crippen molar-refractivity contribution < 1.29 is 9.84 Å². The van der Waals surface area contributed by atoms with Crippen molar-refractivity contribution in [2.75, 3.05) is 6.61 Å². The summed E-state index contributed by atoms with van der Waals surface area (Å²) in [5.41, 5.74) is 4.30. The molecule has 0 aliphatic rings. The molecule has 0 amide bonds. The van der Waals surface area contributed by atoms with E-state index in [1.807, 2.05) is 68.1 Å². The van der Waals surface area contributed by atoms with E-state index < -0.39 is 5.60 Å². The average Bonchev–Trinajstić information content (AvgIpc) is 3.36. The molecule has 4 rings (SSSR count). The number of rotatable bonds is 6. The highest BCUT2D eigenvalue weighted by Gasteiger charge is 2.29. The molecule has 29 heavy (non-hydrogen) atoms. The maximum atomic E-state index is 11.2. The molecular formula is C23H26N4O2. The Hall–Kier alpha value is -3.12. The van der Waals surface area contributed by atoms with Gasteiger partial charge in [0.2, 0.25) is 0 Å².